The number of primary amides is 1. The number of nitrogens with two attached hydrogens (primary N) is 1. The molecule has 4 N–H and O–H groups in total. The van der Waals surface area contributed by atoms with Gasteiger partial charge in [0.2, 0.25) is 5.91 Å². The molecule has 1 heterocycles. The van der Waals surface area contributed by atoms with Gasteiger partial charge in [-0.05, 0) is 54.0 Å². The van der Waals surface area contributed by atoms with Gasteiger partial charge in [0.15, 0.2) is 5.76 Å². The molecule has 33 heavy (non-hydrogen) atoms. The van der Waals surface area contributed by atoms with Crippen LogP contribution in [-0.2, 0) is 16.0 Å². The molecule has 1 atom stereocenters. The third-order valence-corrected chi connectivity index (χ3v) is 5.11. The monoisotopic (exact) mass is 448 g/mol. The number of allylic oxidation sites excluding steroid dienone is 1. The van der Waals surface area contributed by atoms with E-state index in [-0.39, 0.29) is 17.8 Å². The van der Waals surface area contributed by atoms with Crippen LogP contribution >= 0.6 is 0 Å². The molecule has 8 heteroatoms. The van der Waals surface area contributed by atoms with E-state index in [0.717, 1.165) is 11.1 Å². The van der Waals surface area contributed by atoms with Crippen molar-refractivity contribution in [2.75, 3.05) is 7.11 Å². The largest absolute Gasteiger partial charge is 0.497 e. The molecule has 8 nitrogen and oxygen atoms in total. The lowest BCUT2D eigenvalue weighted by molar-refractivity contribution is -0.139. The van der Waals surface area contributed by atoms with Gasteiger partial charge in [-0.3, -0.25) is 9.59 Å². The Morgan fingerprint density at radius 1 is 1.18 bits per heavy atom. The smallest absolute Gasteiger partial charge is 0.326 e. The summed E-state index contributed by atoms with van der Waals surface area (Å²) in [6.07, 6.45) is 1.66. The average Bonchev–Trinajstić information content (AvgIpc) is 3.22. The number of benzene rings is 2. The van der Waals surface area contributed by atoms with Crippen LogP contribution in [0.1, 0.15) is 28.6 Å². The first-order valence-electron chi connectivity index (χ1n) is 10.1. The molecule has 0 aliphatic heterocycles. The second kappa shape index (κ2) is 9.86. The number of carboxylic acids is 1. The van der Waals surface area contributed by atoms with Crippen molar-refractivity contribution < 1.29 is 28.6 Å². The second-order valence-electron chi connectivity index (χ2n) is 7.50. The molecule has 1 unspecified atom stereocenters. The number of amides is 2. The summed E-state index contributed by atoms with van der Waals surface area (Å²) in [7, 11) is 1.54. The van der Waals surface area contributed by atoms with Crippen LogP contribution in [0.3, 0.4) is 0 Å². The predicted octanol–water partition coefficient (Wildman–Crippen LogP) is 3.31. The summed E-state index contributed by atoms with van der Waals surface area (Å²) >= 11 is 0. The Morgan fingerprint density at radius 2 is 1.88 bits per heavy atom. The van der Waals surface area contributed by atoms with Crippen molar-refractivity contribution in [3.63, 3.8) is 0 Å². The highest BCUT2D eigenvalue weighted by Crippen LogP contribution is 2.24. The van der Waals surface area contributed by atoms with Gasteiger partial charge in [-0.15, -0.1) is 0 Å². The van der Waals surface area contributed by atoms with Gasteiger partial charge in [0.05, 0.1) is 7.11 Å². The van der Waals surface area contributed by atoms with Gasteiger partial charge < -0.3 is 25.3 Å². The summed E-state index contributed by atoms with van der Waals surface area (Å²) in [6, 6.07) is 12.6. The number of aliphatic carboxylic acids is 1. The Bertz CT molecular complexity index is 1250. The number of hydrogen-bond donors (Lipinski definition) is 3. The number of furan rings is 1. The minimum atomic E-state index is -1.17. The van der Waals surface area contributed by atoms with Crippen LogP contribution in [0.2, 0.25) is 0 Å². The summed E-state index contributed by atoms with van der Waals surface area (Å²) in [5, 5.41) is 12.8. The van der Waals surface area contributed by atoms with Gasteiger partial charge in [0, 0.05) is 17.4 Å². The summed E-state index contributed by atoms with van der Waals surface area (Å²) in [5.41, 5.74) is 8.21. The van der Waals surface area contributed by atoms with Gasteiger partial charge >= 0.3 is 5.97 Å². The molecule has 0 saturated carbocycles. The minimum Gasteiger partial charge on any atom is -0.497 e. The van der Waals surface area contributed by atoms with Crippen LogP contribution < -0.4 is 15.8 Å². The molecule has 3 aromatic rings. The number of ether oxygens (including phenoxy) is 1. The molecule has 170 valence electrons. The molecule has 0 radical (unpaired) electrons. The van der Waals surface area contributed by atoms with E-state index in [0.29, 0.717) is 22.3 Å². The van der Waals surface area contributed by atoms with Crippen LogP contribution in [0.25, 0.3) is 16.5 Å². The summed E-state index contributed by atoms with van der Waals surface area (Å²) in [4.78, 5) is 35.5. The highest BCUT2D eigenvalue weighted by atomic mass is 16.5. The topological polar surface area (TPSA) is 132 Å². The van der Waals surface area contributed by atoms with E-state index in [1.165, 1.54) is 13.2 Å². The van der Waals surface area contributed by atoms with E-state index < -0.39 is 23.8 Å². The van der Waals surface area contributed by atoms with Gasteiger partial charge in [0.25, 0.3) is 5.91 Å². The SMILES string of the molecule is C=C(/C=C(\C)c1ccc(CC(NC(=O)c2cc3cc(OC)ccc3o2)C(=O)O)cc1)C(N)=O. The molecular formula is C25H24N2O6. The van der Waals surface area contributed by atoms with Crippen LogP contribution in [-0.4, -0.2) is 36.0 Å². The maximum absolute atomic E-state index is 12.6. The van der Waals surface area contributed by atoms with Crippen molar-refractivity contribution in [2.24, 2.45) is 5.73 Å². The Morgan fingerprint density at radius 3 is 2.48 bits per heavy atom. The maximum atomic E-state index is 12.6. The number of carbonyl (C=O) groups is 3. The predicted molar refractivity (Wildman–Crippen MR) is 124 cm³/mol. The number of carboxylic acid groups (broad SMARTS) is 1. The first kappa shape index (κ1) is 23.3. The van der Waals surface area contributed by atoms with E-state index in [4.69, 9.17) is 14.9 Å². The fraction of sp³-hybridized carbons (Fsp3) is 0.160. The molecule has 0 aliphatic carbocycles. The number of methoxy groups -OCH3 is 1. The number of carbonyl (C=O) groups excluding carboxylic acids is 2. The molecule has 3 rings (SSSR count). The van der Waals surface area contributed by atoms with E-state index in [1.807, 2.05) is 6.92 Å². The molecule has 2 aromatic carbocycles. The highest BCUT2D eigenvalue weighted by Gasteiger charge is 2.23. The first-order chi connectivity index (χ1) is 15.7. The standard InChI is InChI=1S/C25H24N2O6/c1-14(10-15(2)23(26)28)17-6-4-16(5-7-17)11-20(25(30)31)27-24(29)22-13-18-12-19(32-3)8-9-21(18)33-22/h4-10,12-13,20H,2,11H2,1,3H3,(H2,26,28)(H,27,29)(H,30,31)/b14-10+. The van der Waals surface area contributed by atoms with Gasteiger partial charge in [0.1, 0.15) is 17.4 Å². The van der Waals surface area contributed by atoms with Crippen molar-refractivity contribution in [3.8, 4) is 5.75 Å². The fourth-order valence-corrected chi connectivity index (χ4v) is 3.24. The lowest BCUT2D eigenvalue weighted by Crippen LogP contribution is -2.42. The fourth-order valence-electron chi connectivity index (χ4n) is 3.24. The van der Waals surface area contributed by atoms with Gasteiger partial charge in [-0.2, -0.15) is 0 Å². The molecule has 0 fully saturated rings. The minimum absolute atomic E-state index is 0.00953. The summed E-state index contributed by atoms with van der Waals surface area (Å²) in [5.74, 6) is -1.77. The van der Waals surface area contributed by atoms with Crippen molar-refractivity contribution in [1.82, 2.24) is 5.32 Å². The number of fused-ring (bicyclic) bond motifs is 1. The highest BCUT2D eigenvalue weighted by molar-refractivity contribution is 5.98. The van der Waals surface area contributed by atoms with Crippen molar-refractivity contribution >= 4 is 34.3 Å². The molecule has 0 bridgehead atoms. The van der Waals surface area contributed by atoms with Crippen LogP contribution in [0.4, 0.5) is 0 Å². The Labute approximate surface area is 190 Å². The van der Waals surface area contributed by atoms with E-state index in [9.17, 15) is 19.5 Å². The Hall–Kier alpha value is -4.33. The zero-order valence-electron chi connectivity index (χ0n) is 18.3. The van der Waals surface area contributed by atoms with Crippen LogP contribution in [0, 0.1) is 0 Å². The van der Waals surface area contributed by atoms with E-state index in [1.54, 1.807) is 48.5 Å². The van der Waals surface area contributed by atoms with E-state index in [2.05, 4.69) is 11.9 Å². The number of hydrogen-bond acceptors (Lipinski definition) is 5. The lowest BCUT2D eigenvalue weighted by Gasteiger charge is -2.14. The third-order valence-electron chi connectivity index (χ3n) is 5.11. The molecule has 0 spiro atoms. The molecule has 2 amide bonds. The molecule has 0 saturated heterocycles. The summed E-state index contributed by atoms with van der Waals surface area (Å²) in [6.45, 7) is 5.41. The molecule has 1 aromatic heterocycles. The second-order valence-corrected chi connectivity index (χ2v) is 7.50. The summed E-state index contributed by atoms with van der Waals surface area (Å²) < 4.78 is 10.7. The number of nitrogens with one attached hydrogen (secondary N) is 1. The maximum Gasteiger partial charge on any atom is 0.326 e. The van der Waals surface area contributed by atoms with Crippen molar-refractivity contribution in [2.45, 2.75) is 19.4 Å². The lowest BCUT2D eigenvalue weighted by atomic mass is 10.00. The van der Waals surface area contributed by atoms with E-state index >= 15 is 0 Å². The molecular weight excluding hydrogens is 424 g/mol. The molecule has 0 aliphatic rings. The quantitative estimate of drug-likeness (QED) is 0.340. The van der Waals surface area contributed by atoms with Gasteiger partial charge in [-0.25, -0.2) is 4.79 Å². The normalized spacial score (nSPS) is 12.2. The van der Waals surface area contributed by atoms with Crippen molar-refractivity contribution in [1.29, 1.82) is 0 Å². The Kier molecular flexibility index (Phi) is 6.97. The van der Waals surface area contributed by atoms with Crippen LogP contribution in [0.5, 0.6) is 5.75 Å². The number of rotatable bonds is 9. The third kappa shape index (κ3) is 5.68. The zero-order chi connectivity index (χ0) is 24.1. The zero-order valence-corrected chi connectivity index (χ0v) is 18.3. The average molecular weight is 448 g/mol. The van der Waals surface area contributed by atoms with Crippen LogP contribution in [0.15, 0.2) is 71.2 Å². The van der Waals surface area contributed by atoms with Gasteiger partial charge in [-0.1, -0.05) is 30.8 Å². The Balaban J connectivity index is 1.72. The van der Waals surface area contributed by atoms with Crippen molar-refractivity contribution in [3.05, 3.63) is 83.6 Å². The first-order valence-corrected chi connectivity index (χ1v) is 10.1.